The first kappa shape index (κ1) is 15.8. The largest absolute Gasteiger partial charge is 0.464 e. The number of hydrogen-bond donors (Lipinski definition) is 0. The molecule has 5 nitrogen and oxygen atoms in total. The van der Waals surface area contributed by atoms with Gasteiger partial charge in [0.25, 0.3) is 5.91 Å². The summed E-state index contributed by atoms with van der Waals surface area (Å²) in [7, 11) is 1.66. The van der Waals surface area contributed by atoms with Gasteiger partial charge in [-0.1, -0.05) is 12.1 Å². The first-order chi connectivity index (χ1) is 11.2. The lowest BCUT2D eigenvalue weighted by Gasteiger charge is -2.34. The number of nitrogens with zero attached hydrogens (tertiary/aromatic N) is 1. The van der Waals surface area contributed by atoms with Crippen LogP contribution in [0.25, 0.3) is 0 Å². The van der Waals surface area contributed by atoms with E-state index >= 15 is 0 Å². The number of furan rings is 1. The summed E-state index contributed by atoms with van der Waals surface area (Å²) < 4.78 is 16.3. The Morgan fingerprint density at radius 1 is 1.26 bits per heavy atom. The average Bonchev–Trinajstić information content (AvgIpc) is 3.02. The van der Waals surface area contributed by atoms with Crippen LogP contribution in [0, 0.1) is 6.92 Å². The maximum atomic E-state index is 12.9. The van der Waals surface area contributed by atoms with Crippen LogP contribution in [-0.4, -0.2) is 37.7 Å². The van der Waals surface area contributed by atoms with E-state index < -0.39 is 0 Å². The van der Waals surface area contributed by atoms with Crippen molar-refractivity contribution in [2.75, 3.05) is 26.9 Å². The number of aryl methyl sites for hydroxylation is 1. The number of hydrogen-bond acceptors (Lipinski definition) is 4. The van der Waals surface area contributed by atoms with Crippen LogP contribution in [-0.2, 0) is 16.1 Å². The zero-order valence-electron chi connectivity index (χ0n) is 13.5. The molecule has 1 unspecified atom stereocenters. The minimum atomic E-state index is -0.177. The highest BCUT2D eigenvalue weighted by Crippen LogP contribution is 2.27. The zero-order chi connectivity index (χ0) is 16.2. The predicted octanol–water partition coefficient (Wildman–Crippen LogP) is 2.95. The quantitative estimate of drug-likeness (QED) is 0.870. The number of carbonyl (C=O) groups is 1. The van der Waals surface area contributed by atoms with Gasteiger partial charge in [-0.05, 0) is 36.8 Å². The SMILES string of the molecule is COCc1ccc(C(=O)N2CCOCC2c2ccc(C)o2)cc1. The second-order valence-electron chi connectivity index (χ2n) is 5.67. The lowest BCUT2D eigenvalue weighted by atomic mass is 10.1. The molecule has 0 bridgehead atoms. The van der Waals surface area contributed by atoms with Gasteiger partial charge in [0, 0.05) is 19.2 Å². The summed E-state index contributed by atoms with van der Waals surface area (Å²) in [5.41, 5.74) is 1.71. The molecule has 3 rings (SSSR count). The number of methoxy groups -OCH3 is 1. The first-order valence-corrected chi connectivity index (χ1v) is 7.72. The highest BCUT2D eigenvalue weighted by molar-refractivity contribution is 5.94. The van der Waals surface area contributed by atoms with Crippen molar-refractivity contribution in [1.29, 1.82) is 0 Å². The number of carbonyl (C=O) groups excluding carboxylic acids is 1. The fourth-order valence-corrected chi connectivity index (χ4v) is 2.79. The van der Waals surface area contributed by atoms with E-state index in [-0.39, 0.29) is 11.9 Å². The summed E-state index contributed by atoms with van der Waals surface area (Å²) in [5, 5.41) is 0. The Morgan fingerprint density at radius 2 is 2.04 bits per heavy atom. The summed E-state index contributed by atoms with van der Waals surface area (Å²) >= 11 is 0. The molecule has 2 heterocycles. The molecule has 1 aromatic heterocycles. The van der Waals surface area contributed by atoms with Gasteiger partial charge in [-0.15, -0.1) is 0 Å². The highest BCUT2D eigenvalue weighted by Gasteiger charge is 2.31. The van der Waals surface area contributed by atoms with Crippen molar-refractivity contribution >= 4 is 5.91 Å². The summed E-state index contributed by atoms with van der Waals surface area (Å²) in [4.78, 5) is 14.7. The standard InChI is InChI=1S/C18H21NO4/c1-13-3-8-17(23-13)16-12-22-10-9-19(16)18(20)15-6-4-14(5-7-15)11-21-2/h3-8,16H,9-12H2,1-2H3. The van der Waals surface area contributed by atoms with Crippen molar-refractivity contribution in [3.05, 3.63) is 59.0 Å². The average molecular weight is 315 g/mol. The van der Waals surface area contributed by atoms with Crippen molar-refractivity contribution in [3.63, 3.8) is 0 Å². The summed E-state index contributed by atoms with van der Waals surface area (Å²) in [6.45, 7) is 4.00. The van der Waals surface area contributed by atoms with E-state index in [9.17, 15) is 4.79 Å². The molecular weight excluding hydrogens is 294 g/mol. The van der Waals surface area contributed by atoms with E-state index in [4.69, 9.17) is 13.9 Å². The van der Waals surface area contributed by atoms with Crippen LogP contribution in [0.2, 0.25) is 0 Å². The Bertz CT molecular complexity index is 662. The molecule has 122 valence electrons. The fourth-order valence-electron chi connectivity index (χ4n) is 2.79. The minimum absolute atomic E-state index is 0.00341. The normalized spacial score (nSPS) is 18.2. The molecule has 1 fully saturated rings. The molecule has 5 heteroatoms. The molecular formula is C18H21NO4. The van der Waals surface area contributed by atoms with E-state index in [0.717, 1.165) is 17.1 Å². The number of rotatable bonds is 4. The van der Waals surface area contributed by atoms with Gasteiger partial charge in [-0.25, -0.2) is 0 Å². The monoisotopic (exact) mass is 315 g/mol. The molecule has 1 amide bonds. The van der Waals surface area contributed by atoms with Crippen LogP contribution in [0.4, 0.5) is 0 Å². The molecule has 0 aliphatic carbocycles. The van der Waals surface area contributed by atoms with E-state index in [1.54, 1.807) is 7.11 Å². The van der Waals surface area contributed by atoms with E-state index in [1.807, 2.05) is 48.2 Å². The maximum absolute atomic E-state index is 12.9. The molecule has 0 radical (unpaired) electrons. The molecule has 2 aromatic rings. The van der Waals surface area contributed by atoms with Gasteiger partial charge >= 0.3 is 0 Å². The van der Waals surface area contributed by atoms with Crippen molar-refractivity contribution < 1.29 is 18.7 Å². The summed E-state index contributed by atoms with van der Waals surface area (Å²) in [6.07, 6.45) is 0. The molecule has 0 spiro atoms. The molecule has 1 aromatic carbocycles. The highest BCUT2D eigenvalue weighted by atomic mass is 16.5. The second-order valence-corrected chi connectivity index (χ2v) is 5.67. The number of morpholine rings is 1. The summed E-state index contributed by atoms with van der Waals surface area (Å²) in [5.74, 6) is 1.60. The maximum Gasteiger partial charge on any atom is 0.254 e. The first-order valence-electron chi connectivity index (χ1n) is 7.72. The Morgan fingerprint density at radius 3 is 2.70 bits per heavy atom. The molecule has 1 aliphatic rings. The predicted molar refractivity (Wildman–Crippen MR) is 85.2 cm³/mol. The molecule has 0 saturated carbocycles. The molecule has 1 saturated heterocycles. The Hall–Kier alpha value is -2.11. The Labute approximate surface area is 135 Å². The molecule has 0 N–H and O–H groups in total. The van der Waals surface area contributed by atoms with Gasteiger partial charge in [-0.2, -0.15) is 0 Å². The summed E-state index contributed by atoms with van der Waals surface area (Å²) in [6, 6.07) is 11.2. The zero-order valence-corrected chi connectivity index (χ0v) is 13.5. The van der Waals surface area contributed by atoms with Gasteiger partial charge in [0.2, 0.25) is 0 Å². The lowest BCUT2D eigenvalue weighted by molar-refractivity contribution is -0.00895. The van der Waals surface area contributed by atoms with Gasteiger partial charge in [-0.3, -0.25) is 4.79 Å². The Balaban J connectivity index is 1.80. The van der Waals surface area contributed by atoms with Crippen LogP contribution in [0.5, 0.6) is 0 Å². The number of amides is 1. The van der Waals surface area contributed by atoms with E-state index in [1.165, 1.54) is 0 Å². The third kappa shape index (κ3) is 3.46. The van der Waals surface area contributed by atoms with Crippen molar-refractivity contribution in [3.8, 4) is 0 Å². The van der Waals surface area contributed by atoms with Crippen molar-refractivity contribution in [2.45, 2.75) is 19.6 Å². The van der Waals surface area contributed by atoms with Gasteiger partial charge in [0.1, 0.15) is 17.6 Å². The van der Waals surface area contributed by atoms with Crippen LogP contribution in [0.15, 0.2) is 40.8 Å². The van der Waals surface area contributed by atoms with Crippen molar-refractivity contribution in [1.82, 2.24) is 4.90 Å². The molecule has 1 aliphatic heterocycles. The van der Waals surface area contributed by atoms with E-state index in [2.05, 4.69) is 0 Å². The Kier molecular flexibility index (Phi) is 4.79. The molecule has 23 heavy (non-hydrogen) atoms. The fraction of sp³-hybridized carbons (Fsp3) is 0.389. The van der Waals surface area contributed by atoms with Crippen LogP contribution < -0.4 is 0 Å². The van der Waals surface area contributed by atoms with E-state index in [0.29, 0.717) is 31.9 Å². The third-order valence-electron chi connectivity index (χ3n) is 3.99. The topological polar surface area (TPSA) is 51.9 Å². The van der Waals surface area contributed by atoms with Crippen molar-refractivity contribution in [2.24, 2.45) is 0 Å². The third-order valence-corrected chi connectivity index (χ3v) is 3.99. The van der Waals surface area contributed by atoms with Crippen LogP contribution >= 0.6 is 0 Å². The van der Waals surface area contributed by atoms with Crippen LogP contribution in [0.1, 0.15) is 33.5 Å². The minimum Gasteiger partial charge on any atom is -0.464 e. The smallest absolute Gasteiger partial charge is 0.254 e. The number of ether oxygens (including phenoxy) is 2. The van der Waals surface area contributed by atoms with Gasteiger partial charge in [0.15, 0.2) is 0 Å². The van der Waals surface area contributed by atoms with Gasteiger partial charge < -0.3 is 18.8 Å². The lowest BCUT2D eigenvalue weighted by Crippen LogP contribution is -2.43. The van der Waals surface area contributed by atoms with Gasteiger partial charge in [0.05, 0.1) is 19.8 Å². The second kappa shape index (κ2) is 6.98. The van der Waals surface area contributed by atoms with Crippen LogP contribution in [0.3, 0.4) is 0 Å². The number of benzene rings is 1. The molecule has 1 atom stereocenters.